The molecule has 9 nitrogen and oxygen atoms in total. The highest BCUT2D eigenvalue weighted by Gasteiger charge is 2.26. The first-order valence-electron chi connectivity index (χ1n) is 9.26. The Hall–Kier alpha value is -2.68. The fourth-order valence-electron chi connectivity index (χ4n) is 3.59. The molecule has 3 rings (SSSR count). The summed E-state index contributed by atoms with van der Waals surface area (Å²) in [6, 6.07) is 4.71. The Balaban J connectivity index is 1.82. The average Bonchev–Trinajstić information content (AvgIpc) is 2.94. The minimum atomic E-state index is -0.433. The number of carbonyl (C=O) groups excluding carboxylic acids is 2. The summed E-state index contributed by atoms with van der Waals surface area (Å²) in [7, 11) is 0. The van der Waals surface area contributed by atoms with Crippen LogP contribution in [0.25, 0.3) is 0 Å². The third-order valence-corrected chi connectivity index (χ3v) is 5.11. The molecule has 27 heavy (non-hydrogen) atoms. The Morgan fingerprint density at radius 3 is 2.44 bits per heavy atom. The molecular weight excluding hydrogens is 350 g/mol. The molecule has 2 heterocycles. The van der Waals surface area contributed by atoms with Gasteiger partial charge in [0.25, 0.3) is 11.6 Å². The Labute approximate surface area is 158 Å². The van der Waals surface area contributed by atoms with Crippen molar-refractivity contribution in [3.63, 3.8) is 0 Å². The summed E-state index contributed by atoms with van der Waals surface area (Å²) in [5.74, 6) is -0.159. The summed E-state index contributed by atoms with van der Waals surface area (Å²) in [5.41, 5.74) is 0.780. The molecule has 0 radical (unpaired) electrons. The van der Waals surface area contributed by atoms with Crippen molar-refractivity contribution >= 4 is 23.2 Å². The van der Waals surface area contributed by atoms with Crippen LogP contribution in [0.5, 0.6) is 0 Å². The Bertz CT molecular complexity index is 732. The van der Waals surface area contributed by atoms with E-state index in [1.54, 1.807) is 21.9 Å². The molecule has 1 aromatic rings. The highest BCUT2D eigenvalue weighted by molar-refractivity contribution is 5.96. The van der Waals surface area contributed by atoms with E-state index in [0.29, 0.717) is 50.5 Å². The number of carbonyl (C=O) groups is 2. The first-order valence-corrected chi connectivity index (χ1v) is 9.26. The fraction of sp³-hybridized carbons (Fsp3) is 0.556. The Kier molecular flexibility index (Phi) is 5.90. The molecule has 1 aromatic carbocycles. The van der Waals surface area contributed by atoms with Crippen LogP contribution in [0.15, 0.2) is 18.2 Å². The van der Waals surface area contributed by atoms with E-state index in [1.807, 2.05) is 4.90 Å². The van der Waals surface area contributed by atoms with E-state index in [4.69, 9.17) is 0 Å². The van der Waals surface area contributed by atoms with Crippen LogP contribution < -0.4 is 10.2 Å². The van der Waals surface area contributed by atoms with Crippen molar-refractivity contribution < 1.29 is 14.5 Å². The van der Waals surface area contributed by atoms with Crippen molar-refractivity contribution in [3.8, 4) is 0 Å². The summed E-state index contributed by atoms with van der Waals surface area (Å²) in [6.07, 6.45) is 0.748. The molecule has 0 saturated carbocycles. The van der Waals surface area contributed by atoms with Gasteiger partial charge >= 0.3 is 0 Å². The second-order valence-electron chi connectivity index (χ2n) is 6.85. The normalized spacial score (nSPS) is 18.2. The number of nitrogens with one attached hydrogen (secondary N) is 1. The molecule has 0 unspecified atom stereocenters. The molecule has 9 heteroatoms. The summed E-state index contributed by atoms with van der Waals surface area (Å²) < 4.78 is 0. The topological polar surface area (TPSA) is 99.0 Å². The van der Waals surface area contributed by atoms with Crippen LogP contribution in [0.1, 0.15) is 23.7 Å². The zero-order valence-electron chi connectivity index (χ0n) is 15.5. The van der Waals surface area contributed by atoms with Gasteiger partial charge < -0.3 is 20.0 Å². The molecular formula is C18H25N5O4. The molecule has 2 fully saturated rings. The summed E-state index contributed by atoms with van der Waals surface area (Å²) in [5, 5.41) is 14.8. The van der Waals surface area contributed by atoms with Crippen molar-refractivity contribution in [2.45, 2.75) is 13.3 Å². The van der Waals surface area contributed by atoms with Gasteiger partial charge in [-0.25, -0.2) is 0 Å². The van der Waals surface area contributed by atoms with Gasteiger partial charge in [0.1, 0.15) is 5.69 Å². The molecule has 0 bridgehead atoms. The van der Waals surface area contributed by atoms with E-state index >= 15 is 0 Å². The lowest BCUT2D eigenvalue weighted by Crippen LogP contribution is -2.46. The van der Waals surface area contributed by atoms with Crippen molar-refractivity contribution in [1.82, 2.24) is 15.1 Å². The van der Waals surface area contributed by atoms with E-state index in [2.05, 4.69) is 5.32 Å². The van der Waals surface area contributed by atoms with Crippen LogP contribution in [0, 0.1) is 10.1 Å². The number of hydrogen-bond donors (Lipinski definition) is 1. The summed E-state index contributed by atoms with van der Waals surface area (Å²) in [6.45, 7) is 6.55. The SMILES string of the molecule is CC(=O)N1CCCN(c2ccc(C(=O)N3CCNCC3)cc2[N+](=O)[O-])CC1. The smallest absolute Gasteiger partial charge is 0.293 e. The van der Waals surface area contributed by atoms with Crippen molar-refractivity contribution in [2.24, 2.45) is 0 Å². The molecule has 0 aromatic heterocycles. The van der Waals surface area contributed by atoms with Crippen molar-refractivity contribution in [3.05, 3.63) is 33.9 Å². The first-order chi connectivity index (χ1) is 13.0. The molecule has 1 N–H and O–H groups in total. The Morgan fingerprint density at radius 2 is 1.78 bits per heavy atom. The van der Waals surface area contributed by atoms with Crippen molar-refractivity contribution in [1.29, 1.82) is 0 Å². The zero-order chi connectivity index (χ0) is 19.4. The molecule has 2 saturated heterocycles. The minimum Gasteiger partial charge on any atom is -0.364 e. The van der Waals surface area contributed by atoms with Crippen LogP contribution in [-0.4, -0.2) is 78.9 Å². The van der Waals surface area contributed by atoms with Crippen LogP contribution >= 0.6 is 0 Å². The number of rotatable bonds is 3. The van der Waals surface area contributed by atoms with Crippen LogP contribution in [0.3, 0.4) is 0 Å². The van der Waals surface area contributed by atoms with Gasteiger partial charge in [0.2, 0.25) is 5.91 Å². The van der Waals surface area contributed by atoms with Gasteiger partial charge in [0.15, 0.2) is 0 Å². The number of nitrogens with zero attached hydrogens (tertiary/aromatic N) is 4. The molecule has 2 aliphatic rings. The molecule has 0 atom stereocenters. The predicted octanol–water partition coefficient (Wildman–Crippen LogP) is 0.699. The van der Waals surface area contributed by atoms with Gasteiger partial charge in [-0.15, -0.1) is 0 Å². The second-order valence-corrected chi connectivity index (χ2v) is 6.85. The number of benzene rings is 1. The van der Waals surface area contributed by atoms with E-state index in [0.717, 1.165) is 19.5 Å². The third kappa shape index (κ3) is 4.36. The molecule has 2 aliphatic heterocycles. The van der Waals surface area contributed by atoms with E-state index in [1.165, 1.54) is 13.0 Å². The van der Waals surface area contributed by atoms with E-state index in [-0.39, 0.29) is 17.5 Å². The monoisotopic (exact) mass is 375 g/mol. The van der Waals surface area contributed by atoms with Gasteiger partial charge in [-0.2, -0.15) is 0 Å². The first kappa shape index (κ1) is 19.1. The van der Waals surface area contributed by atoms with E-state index < -0.39 is 4.92 Å². The van der Waals surface area contributed by atoms with Gasteiger partial charge in [-0.3, -0.25) is 19.7 Å². The van der Waals surface area contributed by atoms with Crippen molar-refractivity contribution in [2.75, 3.05) is 57.3 Å². The molecule has 2 amide bonds. The van der Waals surface area contributed by atoms with Gasteiger partial charge in [-0.1, -0.05) is 0 Å². The maximum Gasteiger partial charge on any atom is 0.293 e. The molecule has 0 aliphatic carbocycles. The molecule has 146 valence electrons. The number of nitro benzene ring substituents is 1. The Morgan fingerprint density at radius 1 is 1.04 bits per heavy atom. The molecule has 0 spiro atoms. The minimum absolute atomic E-state index is 0.0170. The highest BCUT2D eigenvalue weighted by Crippen LogP contribution is 2.30. The number of anilines is 1. The van der Waals surface area contributed by atoms with Gasteiger partial charge in [0.05, 0.1) is 4.92 Å². The lowest BCUT2D eigenvalue weighted by molar-refractivity contribution is -0.384. The number of hydrogen-bond acceptors (Lipinski definition) is 6. The zero-order valence-corrected chi connectivity index (χ0v) is 15.5. The fourth-order valence-corrected chi connectivity index (χ4v) is 3.59. The number of piperazine rings is 1. The van der Waals surface area contributed by atoms with Crippen LogP contribution in [-0.2, 0) is 4.79 Å². The standard InChI is InChI=1S/C18H25N5O4/c1-14(24)20-7-2-8-21(12-11-20)16-4-3-15(13-17(16)23(26)27)18(25)22-9-5-19-6-10-22/h3-4,13,19H,2,5-12H2,1H3. The average molecular weight is 375 g/mol. The number of amides is 2. The van der Waals surface area contributed by atoms with Gasteiger partial charge in [-0.05, 0) is 18.6 Å². The quantitative estimate of drug-likeness (QED) is 0.617. The van der Waals surface area contributed by atoms with Crippen LogP contribution in [0.2, 0.25) is 0 Å². The number of nitro groups is 1. The summed E-state index contributed by atoms with van der Waals surface area (Å²) in [4.78, 5) is 40.9. The lowest BCUT2D eigenvalue weighted by Gasteiger charge is -2.28. The largest absolute Gasteiger partial charge is 0.364 e. The summed E-state index contributed by atoms with van der Waals surface area (Å²) >= 11 is 0. The highest BCUT2D eigenvalue weighted by atomic mass is 16.6. The van der Waals surface area contributed by atoms with Gasteiger partial charge in [0, 0.05) is 70.9 Å². The maximum absolute atomic E-state index is 12.7. The second kappa shape index (κ2) is 8.34. The van der Waals surface area contributed by atoms with E-state index in [9.17, 15) is 19.7 Å². The maximum atomic E-state index is 12.7. The third-order valence-electron chi connectivity index (χ3n) is 5.11. The predicted molar refractivity (Wildman–Crippen MR) is 101 cm³/mol. The lowest BCUT2D eigenvalue weighted by atomic mass is 10.1. The van der Waals surface area contributed by atoms with Crippen LogP contribution in [0.4, 0.5) is 11.4 Å².